The molecule has 4 aromatic rings. The molecule has 32 heavy (non-hydrogen) atoms. The van der Waals surface area contributed by atoms with Crippen molar-refractivity contribution in [1.82, 2.24) is 19.5 Å². The lowest BCUT2D eigenvalue weighted by molar-refractivity contribution is 0.122. The summed E-state index contributed by atoms with van der Waals surface area (Å²) in [5.74, 6) is 1.02. The zero-order valence-corrected chi connectivity index (χ0v) is 17.7. The van der Waals surface area contributed by atoms with Gasteiger partial charge in [0.1, 0.15) is 12.1 Å². The molecule has 2 aromatic carbocycles. The van der Waals surface area contributed by atoms with Crippen LogP contribution in [-0.2, 0) is 11.2 Å². The van der Waals surface area contributed by atoms with Gasteiger partial charge in [-0.25, -0.2) is 9.37 Å². The van der Waals surface area contributed by atoms with Gasteiger partial charge in [-0.3, -0.25) is 4.57 Å². The molecule has 164 valence electrons. The first-order valence-corrected chi connectivity index (χ1v) is 10.9. The molecular formula is C24H25FN6O. The van der Waals surface area contributed by atoms with E-state index in [0.29, 0.717) is 41.8 Å². The van der Waals surface area contributed by atoms with Gasteiger partial charge in [-0.15, -0.1) is 0 Å². The van der Waals surface area contributed by atoms with Crippen molar-refractivity contribution in [1.29, 1.82) is 0 Å². The summed E-state index contributed by atoms with van der Waals surface area (Å²) in [6.07, 6.45) is 3.62. The van der Waals surface area contributed by atoms with Gasteiger partial charge in [0.25, 0.3) is 0 Å². The van der Waals surface area contributed by atoms with Crippen molar-refractivity contribution in [3.05, 3.63) is 72.3 Å². The standard InChI is InChI=1S/C24H25FN6O/c25-19-9-4-10-20(16-19)31-17-27-21-22(26-11-5-8-18-6-2-1-3-7-18)28-24(29-23(21)31)30-12-14-32-15-13-30/h1-4,6-7,9-10,16-17H,5,8,11-15H2,(H,26,28,29). The van der Waals surface area contributed by atoms with E-state index in [1.807, 2.05) is 12.1 Å². The first-order valence-electron chi connectivity index (χ1n) is 10.9. The van der Waals surface area contributed by atoms with Crippen molar-refractivity contribution in [3.63, 3.8) is 0 Å². The Morgan fingerprint density at radius 3 is 2.66 bits per heavy atom. The van der Waals surface area contributed by atoms with Crippen molar-refractivity contribution < 1.29 is 9.13 Å². The zero-order valence-electron chi connectivity index (χ0n) is 17.7. The van der Waals surface area contributed by atoms with Gasteiger partial charge >= 0.3 is 0 Å². The summed E-state index contributed by atoms with van der Waals surface area (Å²) in [4.78, 5) is 16.3. The summed E-state index contributed by atoms with van der Waals surface area (Å²) in [6, 6.07) is 16.9. The van der Waals surface area contributed by atoms with Gasteiger partial charge in [-0.2, -0.15) is 9.97 Å². The van der Waals surface area contributed by atoms with Crippen molar-refractivity contribution in [2.45, 2.75) is 12.8 Å². The minimum Gasteiger partial charge on any atom is -0.378 e. The third-order valence-corrected chi connectivity index (χ3v) is 5.54. The Morgan fingerprint density at radius 2 is 1.84 bits per heavy atom. The zero-order chi connectivity index (χ0) is 21.8. The van der Waals surface area contributed by atoms with Crippen molar-refractivity contribution >= 4 is 22.9 Å². The molecule has 0 amide bonds. The largest absolute Gasteiger partial charge is 0.378 e. The highest BCUT2D eigenvalue weighted by molar-refractivity contribution is 5.85. The van der Waals surface area contributed by atoms with Crippen LogP contribution in [0.3, 0.4) is 0 Å². The minimum absolute atomic E-state index is 0.300. The van der Waals surface area contributed by atoms with Crippen LogP contribution in [0, 0.1) is 5.82 Å². The van der Waals surface area contributed by atoms with Gasteiger partial charge in [0.15, 0.2) is 17.0 Å². The Kier molecular flexibility index (Phi) is 5.93. The lowest BCUT2D eigenvalue weighted by Gasteiger charge is -2.27. The van der Waals surface area contributed by atoms with E-state index in [1.165, 1.54) is 17.7 Å². The maximum Gasteiger partial charge on any atom is 0.229 e. The average Bonchev–Trinajstić information content (AvgIpc) is 3.27. The molecule has 7 nitrogen and oxygen atoms in total. The summed E-state index contributed by atoms with van der Waals surface area (Å²) in [7, 11) is 0. The van der Waals surface area contributed by atoms with Gasteiger partial charge < -0.3 is 15.0 Å². The fourth-order valence-electron chi connectivity index (χ4n) is 3.88. The van der Waals surface area contributed by atoms with Crippen LogP contribution in [0.5, 0.6) is 0 Å². The molecule has 5 rings (SSSR count). The number of hydrogen-bond acceptors (Lipinski definition) is 6. The van der Waals surface area contributed by atoms with Crippen LogP contribution in [-0.4, -0.2) is 52.4 Å². The van der Waals surface area contributed by atoms with Gasteiger partial charge in [0, 0.05) is 19.6 Å². The van der Waals surface area contributed by atoms with Crippen LogP contribution in [0.4, 0.5) is 16.2 Å². The molecule has 0 spiro atoms. The number of ether oxygens (including phenoxy) is 1. The molecule has 8 heteroatoms. The van der Waals surface area contributed by atoms with E-state index in [9.17, 15) is 4.39 Å². The van der Waals surface area contributed by atoms with E-state index in [4.69, 9.17) is 14.7 Å². The van der Waals surface area contributed by atoms with Crippen LogP contribution in [0.2, 0.25) is 0 Å². The molecule has 1 saturated heterocycles. The molecule has 0 saturated carbocycles. The Labute approximate surface area is 185 Å². The smallest absolute Gasteiger partial charge is 0.229 e. The SMILES string of the molecule is Fc1cccc(-n2cnc3c(NCCCc4ccccc4)nc(N4CCOCC4)nc32)c1. The molecule has 0 radical (unpaired) electrons. The van der Waals surface area contributed by atoms with Crippen LogP contribution in [0.25, 0.3) is 16.9 Å². The normalized spacial score (nSPS) is 14.1. The third-order valence-electron chi connectivity index (χ3n) is 5.54. The number of imidazole rings is 1. The molecule has 1 fully saturated rings. The molecule has 1 N–H and O–H groups in total. The summed E-state index contributed by atoms with van der Waals surface area (Å²) in [5.41, 5.74) is 3.31. The Hall–Kier alpha value is -3.52. The summed E-state index contributed by atoms with van der Waals surface area (Å²) in [5, 5.41) is 3.45. The second-order valence-electron chi connectivity index (χ2n) is 7.75. The van der Waals surface area contributed by atoms with E-state index in [0.717, 1.165) is 32.5 Å². The van der Waals surface area contributed by atoms with E-state index < -0.39 is 0 Å². The number of nitrogens with one attached hydrogen (secondary N) is 1. The van der Waals surface area contributed by atoms with E-state index >= 15 is 0 Å². The molecule has 0 atom stereocenters. The van der Waals surface area contributed by atoms with Gasteiger partial charge in [0.05, 0.1) is 18.9 Å². The average molecular weight is 433 g/mol. The van der Waals surface area contributed by atoms with Crippen LogP contribution < -0.4 is 10.2 Å². The quantitative estimate of drug-likeness (QED) is 0.448. The predicted octanol–water partition coefficient (Wildman–Crippen LogP) is 3.84. The van der Waals surface area contributed by atoms with Gasteiger partial charge in [-0.1, -0.05) is 36.4 Å². The molecule has 0 bridgehead atoms. The van der Waals surface area contributed by atoms with Crippen molar-refractivity contribution in [3.8, 4) is 5.69 Å². The second kappa shape index (κ2) is 9.32. The number of anilines is 2. The molecule has 0 aliphatic carbocycles. The number of aryl methyl sites for hydroxylation is 1. The van der Waals surface area contributed by atoms with E-state index in [1.54, 1.807) is 17.0 Å². The Balaban J connectivity index is 1.44. The summed E-state index contributed by atoms with van der Waals surface area (Å²) in [6.45, 7) is 3.51. The molecule has 2 aromatic heterocycles. The molecular weight excluding hydrogens is 407 g/mol. The van der Waals surface area contributed by atoms with E-state index in [2.05, 4.69) is 39.5 Å². The highest BCUT2D eigenvalue weighted by Crippen LogP contribution is 2.25. The summed E-state index contributed by atoms with van der Waals surface area (Å²) < 4.78 is 21.1. The predicted molar refractivity (Wildman–Crippen MR) is 123 cm³/mol. The fraction of sp³-hybridized carbons (Fsp3) is 0.292. The highest BCUT2D eigenvalue weighted by atomic mass is 19.1. The van der Waals surface area contributed by atoms with Crippen molar-refractivity contribution in [2.24, 2.45) is 0 Å². The molecule has 0 unspecified atom stereocenters. The molecule has 1 aliphatic heterocycles. The molecule has 1 aliphatic rings. The minimum atomic E-state index is -0.300. The number of morpholine rings is 1. The number of hydrogen-bond donors (Lipinski definition) is 1. The van der Waals surface area contributed by atoms with Crippen LogP contribution in [0.15, 0.2) is 60.9 Å². The summed E-state index contributed by atoms with van der Waals surface area (Å²) >= 11 is 0. The first-order chi connectivity index (χ1) is 15.8. The number of fused-ring (bicyclic) bond motifs is 1. The molecule has 3 heterocycles. The highest BCUT2D eigenvalue weighted by Gasteiger charge is 2.19. The number of rotatable bonds is 7. The lowest BCUT2D eigenvalue weighted by Crippen LogP contribution is -2.37. The maximum absolute atomic E-state index is 13.9. The lowest BCUT2D eigenvalue weighted by atomic mass is 10.1. The fourth-order valence-corrected chi connectivity index (χ4v) is 3.88. The second-order valence-corrected chi connectivity index (χ2v) is 7.75. The number of aromatic nitrogens is 4. The first kappa shape index (κ1) is 20.4. The van der Waals surface area contributed by atoms with Gasteiger partial charge in [-0.05, 0) is 36.6 Å². The maximum atomic E-state index is 13.9. The number of benzene rings is 2. The Morgan fingerprint density at radius 1 is 1.00 bits per heavy atom. The number of nitrogens with zero attached hydrogens (tertiary/aromatic N) is 5. The van der Waals surface area contributed by atoms with E-state index in [-0.39, 0.29) is 5.82 Å². The van der Waals surface area contributed by atoms with Crippen LogP contribution >= 0.6 is 0 Å². The Bertz CT molecular complexity index is 1190. The van der Waals surface area contributed by atoms with Crippen LogP contribution in [0.1, 0.15) is 12.0 Å². The third kappa shape index (κ3) is 4.40. The number of halogens is 1. The topological polar surface area (TPSA) is 68.1 Å². The monoisotopic (exact) mass is 432 g/mol. The van der Waals surface area contributed by atoms with Crippen molar-refractivity contribution in [2.75, 3.05) is 43.1 Å². The van der Waals surface area contributed by atoms with Gasteiger partial charge in [0.2, 0.25) is 5.95 Å².